The molecule has 0 heterocycles. The Morgan fingerprint density at radius 2 is 1.71 bits per heavy atom. The summed E-state index contributed by atoms with van der Waals surface area (Å²) in [6.07, 6.45) is 0. The van der Waals surface area contributed by atoms with Gasteiger partial charge in [-0.1, -0.05) is 50.2 Å². The molecule has 2 aromatic carbocycles. The molecule has 2 aromatic rings. The summed E-state index contributed by atoms with van der Waals surface area (Å²) in [7, 11) is -0.600. The Kier molecular flexibility index (Phi) is 7.35. The van der Waals surface area contributed by atoms with E-state index >= 15 is 0 Å². The van der Waals surface area contributed by atoms with Gasteiger partial charge in [-0.15, -0.1) is 0 Å². The van der Waals surface area contributed by atoms with Crippen molar-refractivity contribution in [1.29, 1.82) is 0 Å². The van der Waals surface area contributed by atoms with Gasteiger partial charge in [0.15, 0.2) is 0 Å². The van der Waals surface area contributed by atoms with Crippen LogP contribution in [-0.4, -0.2) is 39.3 Å². The van der Waals surface area contributed by atoms with Crippen LogP contribution in [-0.2, 0) is 14.8 Å². The number of benzene rings is 2. The van der Waals surface area contributed by atoms with E-state index in [9.17, 15) is 13.2 Å². The topological polar surface area (TPSA) is 78.5 Å². The Bertz CT molecular complexity index is 910. The van der Waals surface area contributed by atoms with Gasteiger partial charge in [-0.25, -0.2) is 12.7 Å². The summed E-state index contributed by atoms with van der Waals surface area (Å²) >= 11 is 0. The first-order valence-electron chi connectivity index (χ1n) is 9.24. The summed E-state index contributed by atoms with van der Waals surface area (Å²) in [6.45, 7) is 6.16. The van der Waals surface area contributed by atoms with E-state index in [-0.39, 0.29) is 23.4 Å². The molecule has 2 rings (SSSR count). The Morgan fingerprint density at radius 3 is 2.29 bits per heavy atom. The second-order valence-corrected chi connectivity index (χ2v) is 9.48. The van der Waals surface area contributed by atoms with Gasteiger partial charge in [-0.05, 0) is 36.1 Å². The van der Waals surface area contributed by atoms with Crippen LogP contribution in [0.25, 0.3) is 0 Å². The number of rotatable bonds is 8. The second-order valence-electron chi connectivity index (χ2n) is 7.33. The van der Waals surface area contributed by atoms with Crippen LogP contribution < -0.4 is 10.6 Å². The van der Waals surface area contributed by atoms with Crippen molar-refractivity contribution in [3.63, 3.8) is 0 Å². The minimum atomic E-state index is -3.56. The van der Waals surface area contributed by atoms with Crippen LogP contribution in [0.5, 0.6) is 0 Å². The van der Waals surface area contributed by atoms with Gasteiger partial charge < -0.3 is 10.6 Å². The molecule has 0 aliphatic heterocycles. The van der Waals surface area contributed by atoms with Crippen molar-refractivity contribution in [3.05, 3.63) is 59.7 Å². The highest BCUT2D eigenvalue weighted by Gasteiger charge is 2.20. The summed E-state index contributed by atoms with van der Waals surface area (Å²) in [5, 5.41) is 6.12. The third-order valence-corrected chi connectivity index (χ3v) is 6.38. The number of anilines is 1. The fourth-order valence-electron chi connectivity index (χ4n) is 2.90. The Hall–Kier alpha value is -2.22. The van der Waals surface area contributed by atoms with Crippen LogP contribution in [0, 0.1) is 12.8 Å². The summed E-state index contributed by atoms with van der Waals surface area (Å²) in [6, 6.07) is 14.8. The zero-order valence-corrected chi connectivity index (χ0v) is 17.9. The molecule has 7 heteroatoms. The van der Waals surface area contributed by atoms with Crippen molar-refractivity contribution in [3.8, 4) is 0 Å². The van der Waals surface area contributed by atoms with Gasteiger partial charge in [-0.3, -0.25) is 4.79 Å². The molecule has 0 unspecified atom stereocenters. The minimum absolute atomic E-state index is 0.0495. The molecular formula is C21H29N3O3S. The Labute approximate surface area is 168 Å². The van der Waals surface area contributed by atoms with E-state index in [2.05, 4.69) is 24.5 Å². The van der Waals surface area contributed by atoms with E-state index in [1.165, 1.54) is 20.2 Å². The molecule has 6 nitrogen and oxygen atoms in total. The number of carbonyl (C=O) groups is 1. The molecule has 0 aliphatic rings. The van der Waals surface area contributed by atoms with E-state index in [0.29, 0.717) is 11.6 Å². The summed E-state index contributed by atoms with van der Waals surface area (Å²) < 4.78 is 25.8. The van der Waals surface area contributed by atoms with Crippen LogP contribution >= 0.6 is 0 Å². The lowest BCUT2D eigenvalue weighted by molar-refractivity contribution is -0.115. The third kappa shape index (κ3) is 5.41. The predicted molar refractivity (Wildman–Crippen MR) is 113 cm³/mol. The van der Waals surface area contributed by atoms with Gasteiger partial charge in [-0.2, -0.15) is 0 Å². The molecule has 1 amide bonds. The predicted octanol–water partition coefficient (Wildman–Crippen LogP) is 3.17. The lowest BCUT2D eigenvalue weighted by Gasteiger charge is -2.23. The zero-order chi connectivity index (χ0) is 20.9. The van der Waals surface area contributed by atoms with Gasteiger partial charge in [0, 0.05) is 25.8 Å². The maximum absolute atomic E-state index is 12.5. The zero-order valence-electron chi connectivity index (χ0n) is 17.1. The van der Waals surface area contributed by atoms with Crippen LogP contribution in [0.1, 0.15) is 31.0 Å². The summed E-state index contributed by atoms with van der Waals surface area (Å²) in [4.78, 5) is 12.6. The fraction of sp³-hybridized carbons (Fsp3) is 0.381. The molecular weight excluding hydrogens is 374 g/mol. The maximum Gasteiger partial charge on any atom is 0.242 e. The van der Waals surface area contributed by atoms with E-state index in [1.54, 1.807) is 12.1 Å². The number of carbonyl (C=O) groups excluding carboxylic acids is 1. The smallest absolute Gasteiger partial charge is 0.242 e. The van der Waals surface area contributed by atoms with E-state index in [4.69, 9.17) is 0 Å². The van der Waals surface area contributed by atoms with Gasteiger partial charge in [0.2, 0.25) is 15.9 Å². The highest BCUT2D eigenvalue weighted by Crippen LogP contribution is 2.23. The SMILES string of the molecule is Cc1ccc(S(=O)(=O)N(C)C)cc1NC(=O)CN[C@H](c1ccccc1)C(C)C. The van der Waals surface area contributed by atoms with Crippen LogP contribution in [0.15, 0.2) is 53.4 Å². The Morgan fingerprint density at radius 1 is 1.07 bits per heavy atom. The molecule has 152 valence electrons. The van der Waals surface area contributed by atoms with Crippen LogP contribution in [0.4, 0.5) is 5.69 Å². The highest BCUT2D eigenvalue weighted by atomic mass is 32.2. The first-order chi connectivity index (χ1) is 13.1. The number of hydrogen-bond donors (Lipinski definition) is 2. The second kappa shape index (κ2) is 9.32. The fourth-order valence-corrected chi connectivity index (χ4v) is 3.83. The lowest BCUT2D eigenvalue weighted by Crippen LogP contribution is -2.33. The number of hydrogen-bond acceptors (Lipinski definition) is 4. The average Bonchev–Trinajstić information content (AvgIpc) is 2.64. The molecule has 0 bridgehead atoms. The molecule has 0 saturated heterocycles. The number of nitrogens with zero attached hydrogens (tertiary/aromatic N) is 1. The van der Waals surface area contributed by atoms with E-state index in [1.807, 2.05) is 37.3 Å². The molecule has 0 saturated carbocycles. The quantitative estimate of drug-likeness (QED) is 0.710. The summed E-state index contributed by atoms with van der Waals surface area (Å²) in [5.74, 6) is 0.0922. The Balaban J connectivity index is 2.10. The largest absolute Gasteiger partial charge is 0.325 e. The minimum Gasteiger partial charge on any atom is -0.325 e. The van der Waals surface area contributed by atoms with Crippen molar-refractivity contribution in [2.45, 2.75) is 31.7 Å². The molecule has 0 radical (unpaired) electrons. The monoisotopic (exact) mass is 403 g/mol. The maximum atomic E-state index is 12.5. The van der Waals surface area contributed by atoms with Gasteiger partial charge in [0.1, 0.15) is 0 Å². The normalized spacial score (nSPS) is 13.0. The first-order valence-corrected chi connectivity index (χ1v) is 10.7. The van der Waals surface area contributed by atoms with Crippen molar-refractivity contribution >= 4 is 21.6 Å². The number of sulfonamides is 1. The third-order valence-electron chi connectivity index (χ3n) is 4.57. The van der Waals surface area contributed by atoms with Gasteiger partial charge in [0.25, 0.3) is 0 Å². The first kappa shape index (κ1) is 22.1. The molecule has 0 spiro atoms. The van der Waals surface area contributed by atoms with Gasteiger partial charge in [0.05, 0.1) is 11.4 Å². The standard InChI is InChI=1S/C21H29N3O3S/c1-15(2)21(17-9-7-6-8-10-17)22-14-20(25)23-19-13-18(12-11-16(19)3)28(26,27)24(4)5/h6-13,15,21-22H,14H2,1-5H3,(H,23,25)/t21-/m0/s1. The lowest BCUT2D eigenvalue weighted by atomic mass is 9.96. The van der Waals surface area contributed by atoms with Crippen molar-refractivity contribution < 1.29 is 13.2 Å². The molecule has 0 aromatic heterocycles. The number of nitrogens with one attached hydrogen (secondary N) is 2. The van der Waals surface area contributed by atoms with E-state index in [0.717, 1.165) is 15.4 Å². The number of aryl methyl sites for hydroxylation is 1. The summed E-state index contributed by atoms with van der Waals surface area (Å²) in [5.41, 5.74) is 2.42. The number of amides is 1. The average molecular weight is 404 g/mol. The van der Waals surface area contributed by atoms with Crippen LogP contribution in [0.2, 0.25) is 0 Å². The molecule has 0 fully saturated rings. The highest BCUT2D eigenvalue weighted by molar-refractivity contribution is 7.89. The van der Waals surface area contributed by atoms with Crippen LogP contribution in [0.3, 0.4) is 0 Å². The van der Waals surface area contributed by atoms with Crippen molar-refractivity contribution in [1.82, 2.24) is 9.62 Å². The van der Waals surface area contributed by atoms with Gasteiger partial charge >= 0.3 is 0 Å². The van der Waals surface area contributed by atoms with Crippen molar-refractivity contribution in [2.24, 2.45) is 5.92 Å². The molecule has 2 N–H and O–H groups in total. The molecule has 28 heavy (non-hydrogen) atoms. The van der Waals surface area contributed by atoms with Crippen molar-refractivity contribution in [2.75, 3.05) is 26.0 Å². The molecule has 0 aliphatic carbocycles. The molecule has 1 atom stereocenters. The van der Waals surface area contributed by atoms with E-state index < -0.39 is 10.0 Å².